The first-order valence-corrected chi connectivity index (χ1v) is 8.83. The fraction of sp³-hybridized carbons (Fsp3) is 0. The number of halogens is 2. The van der Waals surface area contributed by atoms with Crippen molar-refractivity contribution in [2.24, 2.45) is 0 Å². The zero-order chi connectivity index (χ0) is 19.3. The van der Waals surface area contributed by atoms with E-state index in [2.05, 4.69) is 26.0 Å². The number of aromatic nitrogens is 4. The Morgan fingerprint density at radius 1 is 1.07 bits per heavy atom. The third-order valence-corrected chi connectivity index (χ3v) is 4.94. The van der Waals surface area contributed by atoms with Crippen molar-refractivity contribution >= 4 is 33.7 Å². The summed E-state index contributed by atoms with van der Waals surface area (Å²) in [5, 5.41) is 10.2. The van der Waals surface area contributed by atoms with E-state index in [9.17, 15) is 9.65 Å². The number of fused-ring (bicyclic) bond motifs is 2. The Labute approximate surface area is 163 Å². The van der Waals surface area contributed by atoms with Crippen molar-refractivity contribution in [1.82, 2.24) is 19.9 Å². The number of nitrogens with zero attached hydrogens (tertiary/aromatic N) is 3. The van der Waals surface area contributed by atoms with Gasteiger partial charge in [0.1, 0.15) is 23.2 Å². The van der Waals surface area contributed by atoms with E-state index in [1.54, 1.807) is 30.5 Å². The Balaban J connectivity index is 1.85. The zero-order valence-electron chi connectivity index (χ0n) is 14.3. The van der Waals surface area contributed by atoms with Gasteiger partial charge in [-0.3, -0.25) is 0 Å². The molecule has 4 heterocycles. The summed E-state index contributed by atoms with van der Waals surface area (Å²) in [7, 11) is 0. The van der Waals surface area contributed by atoms with Crippen LogP contribution >= 0.6 is 11.6 Å². The molecule has 134 valence electrons. The highest BCUT2D eigenvalue weighted by atomic mass is 35.5. The molecule has 0 unspecified atom stereocenters. The molecule has 0 aliphatic heterocycles. The van der Waals surface area contributed by atoms with E-state index in [0.29, 0.717) is 16.8 Å². The summed E-state index contributed by atoms with van der Waals surface area (Å²) in [4.78, 5) is 15.4. The highest BCUT2D eigenvalue weighted by Gasteiger charge is 2.18. The van der Waals surface area contributed by atoms with E-state index in [0.717, 1.165) is 33.4 Å². The molecule has 7 heteroatoms. The van der Waals surface area contributed by atoms with Crippen molar-refractivity contribution in [2.45, 2.75) is 0 Å². The Morgan fingerprint density at radius 2 is 1.96 bits per heavy atom. The van der Waals surface area contributed by atoms with Crippen molar-refractivity contribution in [3.05, 3.63) is 71.4 Å². The molecule has 2 N–H and O–H groups in total. The van der Waals surface area contributed by atoms with E-state index in [1.807, 2.05) is 18.3 Å². The quantitative estimate of drug-likeness (QED) is 0.423. The van der Waals surface area contributed by atoms with Crippen LogP contribution in [0.4, 0.5) is 4.39 Å². The summed E-state index contributed by atoms with van der Waals surface area (Å²) in [6, 6.07) is 14.0. The number of hydrogen-bond acceptors (Lipinski definition) is 3. The normalized spacial score (nSPS) is 11.2. The van der Waals surface area contributed by atoms with Gasteiger partial charge in [0, 0.05) is 28.9 Å². The predicted octanol–water partition coefficient (Wildman–Crippen LogP) is 5.44. The van der Waals surface area contributed by atoms with Crippen LogP contribution in [0.25, 0.3) is 44.5 Å². The molecule has 5 rings (SSSR count). The number of rotatable bonds is 2. The Morgan fingerprint density at radius 3 is 2.79 bits per heavy atom. The fourth-order valence-corrected chi connectivity index (χ4v) is 3.53. The molecule has 4 aromatic heterocycles. The number of H-pyrrole nitrogens is 2. The average molecular weight is 388 g/mol. The Bertz CT molecular complexity index is 1410. The lowest BCUT2D eigenvalue weighted by Gasteiger charge is -2.07. The van der Waals surface area contributed by atoms with Gasteiger partial charge in [0.2, 0.25) is 0 Å². The third kappa shape index (κ3) is 2.53. The number of pyridine rings is 2. The molecule has 0 spiro atoms. The predicted molar refractivity (Wildman–Crippen MR) is 106 cm³/mol. The molecule has 28 heavy (non-hydrogen) atoms. The standard InChI is InChI=1S/C21H11ClFN5/c22-15-8-11(1-3-16(15)23)18-19(13-7-12-5-6-25-21(12)26-10-13)28-17-4-2-14(9-24)27-20(17)18/h1-8,10,28H,(H,25,26). The minimum Gasteiger partial charge on any atom is -0.353 e. The highest BCUT2D eigenvalue weighted by Crippen LogP contribution is 2.39. The molecule has 0 aliphatic carbocycles. The van der Waals surface area contributed by atoms with Crippen molar-refractivity contribution in [3.8, 4) is 28.5 Å². The summed E-state index contributed by atoms with van der Waals surface area (Å²) in [5.41, 5.74) is 5.53. The molecule has 0 saturated carbocycles. The fourth-order valence-electron chi connectivity index (χ4n) is 3.35. The number of aromatic amines is 2. The van der Waals surface area contributed by atoms with E-state index in [-0.39, 0.29) is 5.02 Å². The molecule has 5 aromatic rings. The van der Waals surface area contributed by atoms with Crippen LogP contribution in [-0.4, -0.2) is 19.9 Å². The van der Waals surface area contributed by atoms with Gasteiger partial charge in [0.05, 0.1) is 21.7 Å². The van der Waals surface area contributed by atoms with Crippen LogP contribution in [0.5, 0.6) is 0 Å². The van der Waals surface area contributed by atoms with Crippen LogP contribution in [-0.2, 0) is 0 Å². The SMILES string of the molecule is N#Cc1ccc2[nH]c(-c3cnc4[nH]ccc4c3)c(-c3ccc(F)c(Cl)c3)c2n1. The van der Waals surface area contributed by atoms with E-state index in [1.165, 1.54) is 6.07 Å². The summed E-state index contributed by atoms with van der Waals surface area (Å²) < 4.78 is 13.7. The maximum absolute atomic E-state index is 13.7. The first-order valence-electron chi connectivity index (χ1n) is 8.46. The molecular formula is C21H11ClFN5. The zero-order valence-corrected chi connectivity index (χ0v) is 15.0. The van der Waals surface area contributed by atoms with Gasteiger partial charge in [-0.25, -0.2) is 14.4 Å². The summed E-state index contributed by atoms with van der Waals surface area (Å²) in [5.74, 6) is -0.493. The molecule has 0 aliphatic rings. The molecule has 0 radical (unpaired) electrons. The minimum absolute atomic E-state index is 0.0217. The second-order valence-electron chi connectivity index (χ2n) is 6.35. The molecule has 1 aromatic carbocycles. The molecular weight excluding hydrogens is 377 g/mol. The van der Waals surface area contributed by atoms with E-state index in [4.69, 9.17) is 11.6 Å². The van der Waals surface area contributed by atoms with Crippen molar-refractivity contribution in [2.75, 3.05) is 0 Å². The van der Waals surface area contributed by atoms with E-state index >= 15 is 0 Å². The van der Waals surface area contributed by atoms with Gasteiger partial charge in [-0.2, -0.15) is 5.26 Å². The first-order chi connectivity index (χ1) is 13.6. The van der Waals surface area contributed by atoms with Gasteiger partial charge in [-0.05, 0) is 42.0 Å². The maximum atomic E-state index is 13.7. The number of nitrogens with one attached hydrogen (secondary N) is 2. The number of hydrogen-bond donors (Lipinski definition) is 2. The highest BCUT2D eigenvalue weighted by molar-refractivity contribution is 6.31. The molecule has 0 amide bonds. The minimum atomic E-state index is -0.493. The first kappa shape index (κ1) is 16.5. The van der Waals surface area contributed by atoms with Crippen LogP contribution in [0.15, 0.2) is 54.9 Å². The van der Waals surface area contributed by atoms with Crippen LogP contribution in [0.1, 0.15) is 5.69 Å². The number of benzene rings is 1. The molecule has 0 saturated heterocycles. The number of nitriles is 1. The van der Waals surface area contributed by atoms with Gasteiger partial charge in [-0.15, -0.1) is 0 Å². The topological polar surface area (TPSA) is 81.1 Å². The summed E-state index contributed by atoms with van der Waals surface area (Å²) in [6.07, 6.45) is 3.58. The lowest BCUT2D eigenvalue weighted by atomic mass is 10.0. The van der Waals surface area contributed by atoms with Gasteiger partial charge >= 0.3 is 0 Å². The smallest absolute Gasteiger partial charge is 0.141 e. The van der Waals surface area contributed by atoms with Crippen molar-refractivity contribution in [3.63, 3.8) is 0 Å². The van der Waals surface area contributed by atoms with Crippen LogP contribution in [0.2, 0.25) is 5.02 Å². The van der Waals surface area contributed by atoms with Gasteiger partial charge < -0.3 is 9.97 Å². The summed E-state index contributed by atoms with van der Waals surface area (Å²) in [6.45, 7) is 0. The van der Waals surface area contributed by atoms with Gasteiger partial charge in [0.15, 0.2) is 0 Å². The molecule has 5 nitrogen and oxygen atoms in total. The summed E-state index contributed by atoms with van der Waals surface area (Å²) >= 11 is 6.03. The monoisotopic (exact) mass is 387 g/mol. The van der Waals surface area contributed by atoms with Gasteiger partial charge in [0.25, 0.3) is 0 Å². The lowest BCUT2D eigenvalue weighted by Crippen LogP contribution is -1.88. The largest absolute Gasteiger partial charge is 0.353 e. The Kier molecular flexibility index (Phi) is 3.64. The van der Waals surface area contributed by atoms with Crippen molar-refractivity contribution in [1.29, 1.82) is 5.26 Å². The maximum Gasteiger partial charge on any atom is 0.141 e. The molecule has 0 atom stereocenters. The van der Waals surface area contributed by atoms with Crippen LogP contribution in [0.3, 0.4) is 0 Å². The second-order valence-corrected chi connectivity index (χ2v) is 6.76. The average Bonchev–Trinajstić information content (AvgIpc) is 3.33. The lowest BCUT2D eigenvalue weighted by molar-refractivity contribution is 0.628. The molecule has 0 fully saturated rings. The van der Waals surface area contributed by atoms with Crippen molar-refractivity contribution < 1.29 is 4.39 Å². The third-order valence-electron chi connectivity index (χ3n) is 4.65. The second kappa shape index (κ2) is 6.19. The van der Waals surface area contributed by atoms with Crippen LogP contribution in [0, 0.1) is 17.1 Å². The van der Waals surface area contributed by atoms with Gasteiger partial charge in [-0.1, -0.05) is 17.7 Å². The Hall–Kier alpha value is -3.69. The van der Waals surface area contributed by atoms with E-state index < -0.39 is 5.82 Å². The molecule has 0 bridgehead atoms. The van der Waals surface area contributed by atoms with Crippen LogP contribution < -0.4 is 0 Å².